The Morgan fingerprint density at radius 1 is 1.17 bits per heavy atom. The van der Waals surface area contributed by atoms with Crippen LogP contribution in [0.1, 0.15) is 54.6 Å². The number of alkyl halides is 3. The summed E-state index contributed by atoms with van der Waals surface area (Å²) in [6, 6.07) is 12.7. The van der Waals surface area contributed by atoms with Crippen molar-refractivity contribution in [2.75, 3.05) is 18.4 Å². The Bertz CT molecular complexity index is 2090. The number of likely N-dealkylation sites (tertiary alicyclic amines) is 1. The number of aromatic nitrogens is 6. The topological polar surface area (TPSA) is 143 Å². The molecule has 0 unspecified atom stereocenters. The first kappa shape index (κ1) is 31.0. The van der Waals surface area contributed by atoms with Crippen molar-refractivity contribution >= 4 is 38.3 Å². The van der Waals surface area contributed by atoms with E-state index in [1.807, 2.05) is 6.07 Å². The predicted octanol–water partition coefficient (Wildman–Crippen LogP) is 5.07. The fourth-order valence-electron chi connectivity index (χ4n) is 8.31. The van der Waals surface area contributed by atoms with Gasteiger partial charge in [-0.25, -0.2) is 19.9 Å². The van der Waals surface area contributed by atoms with E-state index in [9.17, 15) is 23.2 Å². The van der Waals surface area contributed by atoms with E-state index in [1.54, 1.807) is 6.07 Å². The summed E-state index contributed by atoms with van der Waals surface area (Å²) in [6.07, 6.45) is 0.0160. The van der Waals surface area contributed by atoms with Gasteiger partial charge in [-0.1, -0.05) is 13.0 Å². The molecule has 0 amide bonds. The zero-order valence-corrected chi connectivity index (χ0v) is 27.1. The van der Waals surface area contributed by atoms with Gasteiger partial charge in [-0.05, 0) is 66.8 Å². The second-order valence-electron chi connectivity index (χ2n) is 13.8. The molecule has 3 saturated carbocycles. The van der Waals surface area contributed by atoms with Crippen LogP contribution in [0.2, 0.25) is 0 Å². The third-order valence-corrected chi connectivity index (χ3v) is 11.9. The van der Waals surface area contributed by atoms with E-state index in [4.69, 9.17) is 0 Å². The van der Waals surface area contributed by atoms with E-state index in [0.29, 0.717) is 40.0 Å². The number of fused-ring (bicyclic) bond motifs is 2. The summed E-state index contributed by atoms with van der Waals surface area (Å²) >= 11 is 1.06. The summed E-state index contributed by atoms with van der Waals surface area (Å²) in [5, 5.41) is 25.2. The number of hydrogen-bond donors (Lipinski definition) is 4. The molecule has 1 atom stereocenters. The Morgan fingerprint density at radius 2 is 1.98 bits per heavy atom. The highest BCUT2D eigenvalue weighted by Gasteiger charge is 2.73. The van der Waals surface area contributed by atoms with Gasteiger partial charge in [-0.3, -0.25) is 9.88 Å². The van der Waals surface area contributed by atoms with Gasteiger partial charge in [0, 0.05) is 53.5 Å². The number of halogens is 3. The molecule has 48 heavy (non-hydrogen) atoms. The molecule has 9 rings (SSSR count). The molecule has 0 radical (unpaired) electrons. The van der Waals surface area contributed by atoms with Gasteiger partial charge in [0.05, 0.1) is 18.4 Å². The molecule has 5 heterocycles. The summed E-state index contributed by atoms with van der Waals surface area (Å²) in [5.74, 6) is 1.64. The first-order valence-electron chi connectivity index (χ1n) is 16.2. The lowest BCUT2D eigenvalue weighted by molar-refractivity contribution is -0.230. The summed E-state index contributed by atoms with van der Waals surface area (Å²) in [4.78, 5) is 25.8. The Kier molecular flexibility index (Phi) is 7.39. The minimum atomic E-state index is -4.26. The monoisotopic (exact) mass is 676 g/mol. The molecule has 4 N–H and O–H groups in total. The first-order valence-corrected chi connectivity index (χ1v) is 17.0. The standard InChI is InChI=1S/C33H35F3N10OS/c1-19-31(15-32(19,16-31)40-13-27-42-30(47)44-43-27)17-46-23(12-37)9-21-8-20(2-3-26(21)46)14-45-6-4-22(5-7-45)41-28-25-10-24(11-33(34,35)36)48-29(25)39-18-38-28/h2-3,8-10,18-19,22,40H,4-7,11,13-17H2,1H3,(H,38,39,41)(H2,42,43,44,47)/t19-,31?,32?/m0/s1. The molecule has 4 fully saturated rings. The van der Waals surface area contributed by atoms with Crippen LogP contribution in [-0.2, 0) is 26.1 Å². The molecular formula is C33H35F3N10OS. The van der Waals surface area contributed by atoms with Crippen LogP contribution in [0.5, 0.6) is 0 Å². The second-order valence-corrected chi connectivity index (χ2v) is 14.9. The molecular weight excluding hydrogens is 641 g/mol. The van der Waals surface area contributed by atoms with Gasteiger partial charge < -0.3 is 15.2 Å². The lowest BCUT2D eigenvalue weighted by Gasteiger charge is -2.76. The third-order valence-electron chi connectivity index (χ3n) is 10.9. The number of H-pyrrole nitrogens is 2. The van der Waals surface area contributed by atoms with E-state index >= 15 is 0 Å². The highest BCUT2D eigenvalue weighted by molar-refractivity contribution is 7.18. The normalized spacial score (nSPS) is 24.4. The van der Waals surface area contributed by atoms with Gasteiger partial charge in [-0.15, -0.1) is 11.3 Å². The van der Waals surface area contributed by atoms with Crippen molar-refractivity contribution < 1.29 is 13.2 Å². The molecule has 4 aromatic heterocycles. The Balaban J connectivity index is 0.881. The SMILES string of the molecule is C[C@H]1C2(Cn3c(C#N)cc4cc(CN5CCC(Nc6ncnc7sc(CC(F)(F)F)cc67)CC5)ccc43)CC1(NCc1n[nH]c(=O)[nH]1)C2. The molecule has 1 aliphatic heterocycles. The van der Waals surface area contributed by atoms with Gasteiger partial charge >= 0.3 is 11.9 Å². The zero-order valence-electron chi connectivity index (χ0n) is 26.3. The highest BCUT2D eigenvalue weighted by atomic mass is 32.1. The Morgan fingerprint density at radius 3 is 2.69 bits per heavy atom. The number of aromatic amines is 2. The van der Waals surface area contributed by atoms with E-state index in [1.165, 1.54) is 11.9 Å². The maximum Gasteiger partial charge on any atom is 0.393 e. The summed E-state index contributed by atoms with van der Waals surface area (Å²) in [6.45, 7) is 6.15. The number of piperidine rings is 1. The van der Waals surface area contributed by atoms with Gasteiger partial charge in [-0.2, -0.15) is 23.5 Å². The van der Waals surface area contributed by atoms with Crippen molar-refractivity contribution in [3.05, 3.63) is 69.1 Å². The molecule has 5 aromatic rings. The van der Waals surface area contributed by atoms with Crippen LogP contribution in [0.3, 0.4) is 0 Å². The third kappa shape index (κ3) is 5.55. The van der Waals surface area contributed by atoms with Gasteiger partial charge in [0.2, 0.25) is 0 Å². The molecule has 3 aliphatic carbocycles. The molecule has 2 bridgehead atoms. The number of nitrogens with zero attached hydrogens (tertiary/aromatic N) is 6. The number of benzene rings is 1. The van der Waals surface area contributed by atoms with Crippen molar-refractivity contribution in [1.29, 1.82) is 5.26 Å². The Hall–Kier alpha value is -4.26. The molecule has 1 saturated heterocycles. The first-order chi connectivity index (χ1) is 23.0. The number of rotatable bonds is 10. The van der Waals surface area contributed by atoms with Crippen LogP contribution in [-0.4, -0.2) is 65.5 Å². The molecule has 250 valence electrons. The number of nitrogens with one attached hydrogen (secondary N) is 4. The van der Waals surface area contributed by atoms with E-state index < -0.39 is 12.6 Å². The minimum Gasteiger partial charge on any atom is -0.367 e. The van der Waals surface area contributed by atoms with Crippen LogP contribution < -0.4 is 16.3 Å². The summed E-state index contributed by atoms with van der Waals surface area (Å²) in [5.41, 5.74) is 2.85. The maximum atomic E-state index is 12.9. The molecule has 0 spiro atoms. The fourth-order valence-corrected chi connectivity index (χ4v) is 9.33. The molecule has 1 aromatic carbocycles. The van der Waals surface area contributed by atoms with E-state index in [2.05, 4.69) is 76.4 Å². The molecule has 11 nitrogen and oxygen atoms in total. The number of thiophene rings is 1. The molecule has 15 heteroatoms. The fraction of sp³-hybridized carbons (Fsp3) is 0.485. The highest BCUT2D eigenvalue weighted by Crippen LogP contribution is 2.72. The van der Waals surface area contributed by atoms with Crippen molar-refractivity contribution in [2.45, 2.75) is 76.4 Å². The van der Waals surface area contributed by atoms with Crippen LogP contribution in [0.25, 0.3) is 21.1 Å². The van der Waals surface area contributed by atoms with E-state index in [0.717, 1.165) is 74.1 Å². The van der Waals surface area contributed by atoms with Crippen LogP contribution in [0.15, 0.2) is 41.5 Å². The number of anilines is 1. The van der Waals surface area contributed by atoms with Crippen LogP contribution >= 0.6 is 11.3 Å². The Labute approximate surface area is 277 Å². The van der Waals surface area contributed by atoms with Crippen LogP contribution in [0.4, 0.5) is 19.0 Å². The maximum absolute atomic E-state index is 12.9. The van der Waals surface area contributed by atoms with Gasteiger partial charge in [0.25, 0.3) is 0 Å². The average molecular weight is 677 g/mol. The smallest absolute Gasteiger partial charge is 0.367 e. The summed E-state index contributed by atoms with van der Waals surface area (Å²) < 4.78 is 41.0. The quantitative estimate of drug-likeness (QED) is 0.161. The molecule has 4 aliphatic rings. The lowest BCUT2D eigenvalue weighted by atomic mass is 9.33. The number of nitriles is 1. The largest absolute Gasteiger partial charge is 0.393 e. The summed E-state index contributed by atoms with van der Waals surface area (Å²) in [7, 11) is 0. The van der Waals surface area contributed by atoms with Crippen molar-refractivity contribution in [3.8, 4) is 6.07 Å². The van der Waals surface area contributed by atoms with Crippen molar-refractivity contribution in [2.24, 2.45) is 11.3 Å². The lowest BCUT2D eigenvalue weighted by Crippen LogP contribution is -2.80. The number of hydrogen-bond acceptors (Lipinski definition) is 9. The van der Waals surface area contributed by atoms with E-state index in [-0.39, 0.29) is 27.6 Å². The van der Waals surface area contributed by atoms with Gasteiger partial charge in [0.1, 0.15) is 34.6 Å². The predicted molar refractivity (Wildman–Crippen MR) is 175 cm³/mol. The van der Waals surface area contributed by atoms with Crippen LogP contribution in [0, 0.1) is 22.7 Å². The average Bonchev–Trinajstić information content (AvgIpc) is 3.74. The zero-order chi connectivity index (χ0) is 33.3. The van der Waals surface area contributed by atoms with Crippen molar-refractivity contribution in [1.82, 2.24) is 39.9 Å². The second kappa shape index (κ2) is 11.4. The minimum absolute atomic E-state index is 0.0484. The van der Waals surface area contributed by atoms with Crippen molar-refractivity contribution in [3.63, 3.8) is 0 Å². The van der Waals surface area contributed by atoms with Gasteiger partial charge in [0.15, 0.2) is 0 Å².